The van der Waals surface area contributed by atoms with Crippen LogP contribution in [0.4, 0.5) is 8.78 Å². The van der Waals surface area contributed by atoms with Gasteiger partial charge in [-0.15, -0.1) is 12.4 Å². The molecule has 3 rings (SSSR count). The van der Waals surface area contributed by atoms with E-state index in [4.69, 9.17) is 15.2 Å². The second-order valence-corrected chi connectivity index (χ2v) is 5.34. The molecule has 0 aromatic heterocycles. The highest BCUT2D eigenvalue weighted by Gasteiger charge is 2.28. The van der Waals surface area contributed by atoms with Gasteiger partial charge in [-0.05, 0) is 24.6 Å². The molecule has 2 unspecified atom stereocenters. The maximum atomic E-state index is 14.6. The Hall–Kier alpha value is -1.69. The van der Waals surface area contributed by atoms with Crippen molar-refractivity contribution in [1.82, 2.24) is 0 Å². The van der Waals surface area contributed by atoms with Crippen LogP contribution >= 0.6 is 12.4 Å². The predicted octanol–water partition coefficient (Wildman–Crippen LogP) is 4.22. The molecule has 2 N–H and O–H groups in total. The first-order chi connectivity index (χ1) is 10.7. The van der Waals surface area contributed by atoms with Crippen LogP contribution in [0.25, 0.3) is 0 Å². The minimum Gasteiger partial charge on any atom is -0.451 e. The largest absolute Gasteiger partial charge is 0.451 e. The minimum absolute atomic E-state index is 0. The van der Waals surface area contributed by atoms with Crippen molar-refractivity contribution in [2.24, 2.45) is 11.7 Å². The summed E-state index contributed by atoms with van der Waals surface area (Å²) in [6.07, 6.45) is 0.771. The normalized spacial score (nSPS) is 18.3. The molecule has 0 amide bonds. The zero-order chi connectivity index (χ0) is 15.5. The molecule has 124 valence electrons. The smallest absolute Gasteiger partial charge is 0.198 e. The number of ether oxygens (including phenoxy) is 2. The lowest BCUT2D eigenvalue weighted by atomic mass is 9.92. The van der Waals surface area contributed by atoms with Crippen molar-refractivity contribution in [1.29, 1.82) is 0 Å². The number of benzene rings is 2. The van der Waals surface area contributed by atoms with Crippen LogP contribution in [0.2, 0.25) is 0 Å². The third-order valence-corrected chi connectivity index (χ3v) is 3.87. The van der Waals surface area contributed by atoms with E-state index in [1.165, 1.54) is 12.1 Å². The first kappa shape index (κ1) is 17.7. The van der Waals surface area contributed by atoms with E-state index in [1.54, 1.807) is 30.3 Å². The predicted molar refractivity (Wildman–Crippen MR) is 86.0 cm³/mol. The molecule has 0 bridgehead atoms. The maximum absolute atomic E-state index is 14.6. The average molecular weight is 342 g/mol. The second-order valence-electron chi connectivity index (χ2n) is 5.34. The van der Waals surface area contributed by atoms with Crippen LogP contribution in [0.3, 0.4) is 0 Å². The second kappa shape index (κ2) is 7.73. The molecule has 2 aromatic rings. The van der Waals surface area contributed by atoms with Gasteiger partial charge in [0.15, 0.2) is 17.4 Å². The van der Waals surface area contributed by atoms with E-state index in [9.17, 15) is 8.78 Å². The Morgan fingerprint density at radius 2 is 1.87 bits per heavy atom. The van der Waals surface area contributed by atoms with E-state index in [-0.39, 0.29) is 23.9 Å². The van der Waals surface area contributed by atoms with Crippen LogP contribution in [0.15, 0.2) is 42.5 Å². The fraction of sp³-hybridized carbons (Fsp3) is 0.294. The van der Waals surface area contributed by atoms with Crippen molar-refractivity contribution in [3.8, 4) is 11.5 Å². The Balaban J connectivity index is 0.00000192. The number of para-hydroxylation sites is 1. The molecule has 2 atom stereocenters. The summed E-state index contributed by atoms with van der Waals surface area (Å²) in [4.78, 5) is 0. The summed E-state index contributed by atoms with van der Waals surface area (Å²) in [5, 5.41) is 0. The molecule has 2 aromatic carbocycles. The van der Waals surface area contributed by atoms with Gasteiger partial charge < -0.3 is 15.2 Å². The molecule has 0 spiro atoms. The Kier molecular flexibility index (Phi) is 5.93. The van der Waals surface area contributed by atoms with E-state index >= 15 is 0 Å². The number of hydrogen-bond donors (Lipinski definition) is 1. The van der Waals surface area contributed by atoms with Gasteiger partial charge >= 0.3 is 0 Å². The zero-order valence-electron chi connectivity index (χ0n) is 12.4. The van der Waals surface area contributed by atoms with Crippen molar-refractivity contribution in [2.75, 3.05) is 13.2 Å². The minimum atomic E-state index is -0.750. The van der Waals surface area contributed by atoms with Gasteiger partial charge in [0.2, 0.25) is 0 Å². The molecule has 0 radical (unpaired) electrons. The quantitative estimate of drug-likeness (QED) is 0.905. The first-order valence-electron chi connectivity index (χ1n) is 7.21. The molecular weight excluding hydrogens is 324 g/mol. The monoisotopic (exact) mass is 341 g/mol. The summed E-state index contributed by atoms with van der Waals surface area (Å²) in [6, 6.07) is 10.6. The molecule has 1 aliphatic rings. The number of nitrogens with two attached hydrogens (primary N) is 1. The third-order valence-electron chi connectivity index (χ3n) is 3.87. The molecule has 1 saturated heterocycles. The molecule has 1 heterocycles. The van der Waals surface area contributed by atoms with E-state index in [2.05, 4.69) is 0 Å². The van der Waals surface area contributed by atoms with Crippen molar-refractivity contribution in [3.63, 3.8) is 0 Å². The summed E-state index contributed by atoms with van der Waals surface area (Å²) in [6.45, 7) is 1.11. The highest BCUT2D eigenvalue weighted by atomic mass is 35.5. The van der Waals surface area contributed by atoms with Crippen molar-refractivity contribution < 1.29 is 18.3 Å². The van der Waals surface area contributed by atoms with Gasteiger partial charge in [-0.3, -0.25) is 0 Å². The van der Waals surface area contributed by atoms with E-state index in [0.29, 0.717) is 19.0 Å². The van der Waals surface area contributed by atoms with Gasteiger partial charge in [0.25, 0.3) is 0 Å². The lowest BCUT2D eigenvalue weighted by molar-refractivity contribution is 0.180. The molecule has 0 saturated carbocycles. The van der Waals surface area contributed by atoms with Crippen molar-refractivity contribution in [2.45, 2.75) is 12.5 Å². The Bertz CT molecular complexity index is 649. The number of rotatable bonds is 4. The average Bonchev–Trinajstić information content (AvgIpc) is 3.06. The van der Waals surface area contributed by atoms with Gasteiger partial charge in [0.05, 0.1) is 6.61 Å². The van der Waals surface area contributed by atoms with Gasteiger partial charge in [0, 0.05) is 24.1 Å². The van der Waals surface area contributed by atoms with Gasteiger partial charge in [-0.25, -0.2) is 8.78 Å². The summed E-state index contributed by atoms with van der Waals surface area (Å²) in [5.74, 6) is -1.51. The molecule has 1 aliphatic heterocycles. The highest BCUT2D eigenvalue weighted by molar-refractivity contribution is 5.85. The Morgan fingerprint density at radius 3 is 2.52 bits per heavy atom. The van der Waals surface area contributed by atoms with Gasteiger partial charge in [-0.2, -0.15) is 0 Å². The number of halogens is 3. The van der Waals surface area contributed by atoms with Crippen LogP contribution in [0.5, 0.6) is 11.5 Å². The van der Waals surface area contributed by atoms with E-state index in [0.717, 1.165) is 6.42 Å². The summed E-state index contributed by atoms with van der Waals surface area (Å²) in [7, 11) is 0. The summed E-state index contributed by atoms with van der Waals surface area (Å²) in [5.41, 5.74) is 6.37. The van der Waals surface area contributed by atoms with E-state index in [1.807, 2.05) is 0 Å². The number of hydrogen-bond acceptors (Lipinski definition) is 3. The zero-order valence-corrected chi connectivity index (χ0v) is 13.2. The van der Waals surface area contributed by atoms with Crippen molar-refractivity contribution >= 4 is 12.4 Å². The van der Waals surface area contributed by atoms with Crippen LogP contribution in [-0.2, 0) is 4.74 Å². The summed E-state index contributed by atoms with van der Waals surface area (Å²) < 4.78 is 39.2. The lowest BCUT2D eigenvalue weighted by Gasteiger charge is -2.20. The van der Waals surface area contributed by atoms with Crippen LogP contribution in [-0.4, -0.2) is 13.2 Å². The topological polar surface area (TPSA) is 44.5 Å². The lowest BCUT2D eigenvalue weighted by Crippen LogP contribution is -2.23. The standard InChI is InChI=1S/C17H17F2NO2.ClH/c18-14-7-6-13(16(20)11-8-9-21-10-11)15(19)17(14)22-12-4-2-1-3-5-12;/h1-7,11,16H,8-10,20H2;1H. The fourth-order valence-corrected chi connectivity index (χ4v) is 2.60. The molecule has 3 nitrogen and oxygen atoms in total. The van der Waals surface area contributed by atoms with E-state index < -0.39 is 23.4 Å². The molecule has 1 fully saturated rings. The molecular formula is C17H18ClF2NO2. The molecule has 6 heteroatoms. The van der Waals surface area contributed by atoms with Crippen molar-refractivity contribution in [3.05, 3.63) is 59.7 Å². The first-order valence-corrected chi connectivity index (χ1v) is 7.21. The Morgan fingerprint density at radius 1 is 1.13 bits per heavy atom. The summed E-state index contributed by atoms with van der Waals surface area (Å²) >= 11 is 0. The Labute approximate surface area is 139 Å². The molecule has 23 heavy (non-hydrogen) atoms. The van der Waals surface area contributed by atoms with Gasteiger partial charge in [-0.1, -0.05) is 24.3 Å². The highest BCUT2D eigenvalue weighted by Crippen LogP contribution is 2.35. The van der Waals surface area contributed by atoms with Crippen LogP contribution in [0.1, 0.15) is 18.0 Å². The third kappa shape index (κ3) is 3.80. The fourth-order valence-electron chi connectivity index (χ4n) is 2.60. The maximum Gasteiger partial charge on any atom is 0.198 e. The SMILES string of the molecule is Cl.NC(c1ccc(F)c(Oc2ccccc2)c1F)C1CCOC1. The molecule has 0 aliphatic carbocycles. The van der Waals surface area contributed by atoms with Gasteiger partial charge in [0.1, 0.15) is 5.75 Å². The van der Waals surface area contributed by atoms with Crippen LogP contribution in [0, 0.1) is 17.6 Å². The van der Waals surface area contributed by atoms with Crippen LogP contribution < -0.4 is 10.5 Å².